The van der Waals surface area contributed by atoms with Gasteiger partial charge in [-0.2, -0.15) is 0 Å². The number of amides is 3. The lowest BCUT2D eigenvalue weighted by molar-refractivity contribution is 0.0142. The number of nitrogens with zero attached hydrogens (tertiary/aromatic N) is 5. The Hall–Kier alpha value is -3.60. The second-order valence-electron chi connectivity index (χ2n) is 12.4. The molecule has 5 rings (SSSR count). The molecule has 3 fully saturated rings. The molecule has 0 spiro atoms. The van der Waals surface area contributed by atoms with Gasteiger partial charge in [0, 0.05) is 56.8 Å². The number of carbonyl (C=O) groups excluding carboxylic acids is 3. The van der Waals surface area contributed by atoms with Crippen molar-refractivity contribution in [3.63, 3.8) is 0 Å². The number of hydrogen-bond donors (Lipinski definition) is 0. The Kier molecular flexibility index (Phi) is 8.77. The van der Waals surface area contributed by atoms with Crippen LogP contribution in [0.5, 0.6) is 0 Å². The standard InChI is InChI=1S/C31H40FN5O5/c1-31(2,3)42-30(40)35-14-11-23(12-15-35)37(22-8-9-22)29(39)21-17-33-27(34-18-21)25-10-7-20(16-26(25)32)28(38)36-13-5-6-24(36)19-41-4/h7,10,16-18,22-24H,5-6,8-9,11-15,19H2,1-4H3/t24-/m1/s1. The first-order chi connectivity index (χ1) is 20.1. The highest BCUT2D eigenvalue weighted by molar-refractivity contribution is 5.95. The number of likely N-dealkylation sites (tertiary alicyclic amines) is 2. The van der Waals surface area contributed by atoms with Gasteiger partial charge in [0.1, 0.15) is 11.4 Å². The summed E-state index contributed by atoms with van der Waals surface area (Å²) in [5.74, 6) is -0.833. The zero-order valence-electron chi connectivity index (χ0n) is 24.8. The molecule has 10 nitrogen and oxygen atoms in total. The monoisotopic (exact) mass is 581 g/mol. The molecule has 1 saturated carbocycles. The number of hydrogen-bond acceptors (Lipinski definition) is 7. The summed E-state index contributed by atoms with van der Waals surface area (Å²) in [6, 6.07) is 4.48. The summed E-state index contributed by atoms with van der Waals surface area (Å²) >= 11 is 0. The maximum absolute atomic E-state index is 15.2. The van der Waals surface area contributed by atoms with E-state index < -0.39 is 11.4 Å². The zero-order valence-corrected chi connectivity index (χ0v) is 24.8. The highest BCUT2D eigenvalue weighted by Gasteiger charge is 2.40. The van der Waals surface area contributed by atoms with Crippen LogP contribution in [0.3, 0.4) is 0 Å². The minimum Gasteiger partial charge on any atom is -0.444 e. The summed E-state index contributed by atoms with van der Waals surface area (Å²) in [6.07, 6.45) is 7.52. The third-order valence-electron chi connectivity index (χ3n) is 8.04. The van der Waals surface area contributed by atoms with E-state index in [0.717, 1.165) is 25.7 Å². The Balaban J connectivity index is 1.24. The van der Waals surface area contributed by atoms with E-state index in [0.29, 0.717) is 44.6 Å². The minimum atomic E-state index is -0.598. The van der Waals surface area contributed by atoms with Gasteiger partial charge in [0.2, 0.25) is 0 Å². The molecule has 0 bridgehead atoms. The average Bonchev–Trinajstić information content (AvgIpc) is 3.69. The van der Waals surface area contributed by atoms with Crippen LogP contribution in [-0.2, 0) is 9.47 Å². The van der Waals surface area contributed by atoms with Crippen LogP contribution in [0.2, 0.25) is 0 Å². The molecule has 42 heavy (non-hydrogen) atoms. The molecule has 3 amide bonds. The van der Waals surface area contributed by atoms with Crippen LogP contribution in [0.4, 0.5) is 9.18 Å². The van der Waals surface area contributed by atoms with Crippen LogP contribution >= 0.6 is 0 Å². The summed E-state index contributed by atoms with van der Waals surface area (Å²) < 4.78 is 25.9. The fourth-order valence-corrected chi connectivity index (χ4v) is 5.83. The number of benzene rings is 1. The maximum atomic E-state index is 15.2. The van der Waals surface area contributed by atoms with Crippen LogP contribution in [0.25, 0.3) is 11.4 Å². The fourth-order valence-electron chi connectivity index (χ4n) is 5.83. The van der Waals surface area contributed by atoms with Crippen molar-refractivity contribution in [3.05, 3.63) is 47.5 Å². The number of rotatable bonds is 7. The normalized spacial score (nSPS) is 19.6. The molecule has 0 N–H and O–H groups in total. The summed E-state index contributed by atoms with van der Waals surface area (Å²) in [7, 11) is 1.61. The number of ether oxygens (including phenoxy) is 2. The topological polar surface area (TPSA) is 105 Å². The third kappa shape index (κ3) is 6.72. The van der Waals surface area contributed by atoms with Crippen molar-refractivity contribution in [2.24, 2.45) is 0 Å². The lowest BCUT2D eigenvalue weighted by atomic mass is 10.0. The second-order valence-corrected chi connectivity index (χ2v) is 12.4. The van der Waals surface area contributed by atoms with E-state index in [-0.39, 0.29) is 53.0 Å². The molecule has 0 unspecified atom stereocenters. The van der Waals surface area contributed by atoms with Crippen molar-refractivity contribution in [1.82, 2.24) is 24.7 Å². The van der Waals surface area contributed by atoms with Crippen LogP contribution in [0.1, 0.15) is 80.0 Å². The van der Waals surface area contributed by atoms with Crippen LogP contribution in [0, 0.1) is 5.82 Å². The Morgan fingerprint density at radius 2 is 1.64 bits per heavy atom. The van der Waals surface area contributed by atoms with Crippen molar-refractivity contribution < 1.29 is 28.2 Å². The predicted molar refractivity (Wildman–Crippen MR) is 153 cm³/mol. The lowest BCUT2D eigenvalue weighted by Crippen LogP contribution is -2.50. The number of aromatic nitrogens is 2. The summed E-state index contributed by atoms with van der Waals surface area (Å²) in [4.78, 5) is 53.1. The second kappa shape index (κ2) is 12.3. The molecule has 2 saturated heterocycles. The molecule has 226 valence electrons. The number of carbonyl (C=O) groups is 3. The molecular weight excluding hydrogens is 541 g/mol. The predicted octanol–water partition coefficient (Wildman–Crippen LogP) is 4.54. The molecule has 2 aliphatic heterocycles. The highest BCUT2D eigenvalue weighted by atomic mass is 19.1. The lowest BCUT2D eigenvalue weighted by Gasteiger charge is -2.39. The van der Waals surface area contributed by atoms with Gasteiger partial charge in [0.25, 0.3) is 11.8 Å². The van der Waals surface area contributed by atoms with Crippen molar-refractivity contribution in [1.29, 1.82) is 0 Å². The molecule has 0 radical (unpaired) electrons. The molecule has 3 heterocycles. The van der Waals surface area contributed by atoms with E-state index in [1.54, 1.807) is 23.0 Å². The van der Waals surface area contributed by atoms with E-state index in [9.17, 15) is 14.4 Å². The molecular formula is C31H40FN5O5. The number of halogens is 1. The molecule has 3 aliphatic rings. The Labute approximate surface area is 246 Å². The SMILES string of the molecule is COC[C@H]1CCCN1C(=O)c1ccc(-c2ncc(C(=O)N(C3CC3)C3CCN(C(=O)OC(C)(C)C)CC3)cn2)c(F)c1. The summed E-state index contributed by atoms with van der Waals surface area (Å²) in [5, 5.41) is 0. The van der Waals surface area contributed by atoms with E-state index in [1.165, 1.54) is 24.5 Å². The first-order valence-corrected chi connectivity index (χ1v) is 14.8. The van der Waals surface area contributed by atoms with E-state index >= 15 is 4.39 Å². The van der Waals surface area contributed by atoms with Crippen LogP contribution in [0.15, 0.2) is 30.6 Å². The highest BCUT2D eigenvalue weighted by Crippen LogP contribution is 2.34. The molecule has 1 aliphatic carbocycles. The van der Waals surface area contributed by atoms with Gasteiger partial charge in [-0.25, -0.2) is 19.2 Å². The smallest absolute Gasteiger partial charge is 0.410 e. The van der Waals surface area contributed by atoms with Gasteiger partial charge in [-0.1, -0.05) is 0 Å². The Morgan fingerprint density at radius 1 is 0.976 bits per heavy atom. The molecule has 2 aromatic rings. The van der Waals surface area contributed by atoms with Gasteiger partial charge in [0.15, 0.2) is 5.82 Å². The van der Waals surface area contributed by atoms with E-state index in [2.05, 4.69) is 9.97 Å². The maximum Gasteiger partial charge on any atom is 0.410 e. The molecule has 1 aromatic heterocycles. The first kappa shape index (κ1) is 29.9. The van der Waals surface area contributed by atoms with Gasteiger partial charge >= 0.3 is 6.09 Å². The van der Waals surface area contributed by atoms with Gasteiger partial charge in [-0.15, -0.1) is 0 Å². The van der Waals surface area contributed by atoms with E-state index in [1.807, 2.05) is 25.7 Å². The minimum absolute atomic E-state index is 0.00461. The van der Waals surface area contributed by atoms with Crippen molar-refractivity contribution in [2.75, 3.05) is 33.4 Å². The molecule has 1 aromatic carbocycles. The van der Waals surface area contributed by atoms with Crippen molar-refractivity contribution >= 4 is 17.9 Å². The Morgan fingerprint density at radius 3 is 2.24 bits per heavy atom. The number of methoxy groups -OCH3 is 1. The fraction of sp³-hybridized carbons (Fsp3) is 0.581. The number of piperidine rings is 1. The average molecular weight is 582 g/mol. The quantitative estimate of drug-likeness (QED) is 0.473. The van der Waals surface area contributed by atoms with Gasteiger partial charge in [-0.05, 0) is 77.5 Å². The van der Waals surface area contributed by atoms with Gasteiger partial charge in [0.05, 0.1) is 23.8 Å². The first-order valence-electron chi connectivity index (χ1n) is 14.8. The molecule has 11 heteroatoms. The van der Waals surface area contributed by atoms with Crippen LogP contribution < -0.4 is 0 Å². The van der Waals surface area contributed by atoms with Crippen LogP contribution in [-0.4, -0.2) is 99.7 Å². The van der Waals surface area contributed by atoms with Crippen molar-refractivity contribution in [3.8, 4) is 11.4 Å². The van der Waals surface area contributed by atoms with Crippen molar-refractivity contribution in [2.45, 2.75) is 83.0 Å². The van der Waals surface area contributed by atoms with Gasteiger partial charge < -0.3 is 24.2 Å². The Bertz CT molecular complexity index is 1300. The molecule has 1 atom stereocenters. The zero-order chi connectivity index (χ0) is 30.0. The largest absolute Gasteiger partial charge is 0.444 e. The summed E-state index contributed by atoms with van der Waals surface area (Å²) in [6.45, 7) is 7.65. The van der Waals surface area contributed by atoms with E-state index in [4.69, 9.17) is 9.47 Å². The third-order valence-corrected chi connectivity index (χ3v) is 8.04. The summed E-state index contributed by atoms with van der Waals surface area (Å²) in [5.41, 5.74) is 0.211. The van der Waals surface area contributed by atoms with Gasteiger partial charge in [-0.3, -0.25) is 9.59 Å².